The summed E-state index contributed by atoms with van der Waals surface area (Å²) < 4.78 is 0. The maximum Gasteiger partial charge on any atom is 0.244 e. The lowest BCUT2D eigenvalue weighted by Gasteiger charge is -2.27. The molecule has 18 heavy (non-hydrogen) atoms. The third-order valence-corrected chi connectivity index (χ3v) is 3.92. The second-order valence-electron chi connectivity index (χ2n) is 4.71. The van der Waals surface area contributed by atoms with E-state index in [-0.39, 0.29) is 5.91 Å². The van der Waals surface area contributed by atoms with Crippen LogP contribution in [-0.2, 0) is 4.79 Å². The van der Waals surface area contributed by atoms with Crippen LogP contribution in [0.25, 0.3) is 0 Å². The van der Waals surface area contributed by atoms with Crippen LogP contribution in [0.15, 0.2) is 12.3 Å². The predicted octanol–water partition coefficient (Wildman–Crippen LogP) is 2.51. The Labute approximate surface area is 112 Å². The molecule has 1 aliphatic rings. The summed E-state index contributed by atoms with van der Waals surface area (Å²) in [6.07, 6.45) is 4.31. The van der Waals surface area contributed by atoms with Crippen molar-refractivity contribution in [3.63, 3.8) is 0 Å². The first-order valence-electron chi connectivity index (χ1n) is 6.26. The number of aryl methyl sites for hydroxylation is 1. The Morgan fingerprint density at radius 3 is 3.00 bits per heavy atom. The van der Waals surface area contributed by atoms with Gasteiger partial charge in [-0.15, -0.1) is 0 Å². The largest absolute Gasteiger partial charge is 0.322 e. The standard InChI is InChI=1S/C13H18ClN3O/c1-3-13(6-4-7-16-13)12(18)17-10-9(2)5-8-15-11(10)14/h5,8,16H,3-4,6-7H2,1-2H3,(H,17,18). The summed E-state index contributed by atoms with van der Waals surface area (Å²) in [6, 6.07) is 1.84. The van der Waals surface area contributed by atoms with Gasteiger partial charge >= 0.3 is 0 Å². The van der Waals surface area contributed by atoms with Crippen LogP contribution >= 0.6 is 11.6 Å². The molecule has 2 N–H and O–H groups in total. The lowest BCUT2D eigenvalue weighted by molar-refractivity contribution is -0.122. The number of hydrogen-bond acceptors (Lipinski definition) is 3. The summed E-state index contributed by atoms with van der Waals surface area (Å²) >= 11 is 6.02. The minimum atomic E-state index is -0.453. The molecule has 0 radical (unpaired) electrons. The van der Waals surface area contributed by atoms with Crippen LogP contribution in [0.4, 0.5) is 5.69 Å². The highest BCUT2D eigenvalue weighted by molar-refractivity contribution is 6.32. The van der Waals surface area contributed by atoms with Crippen LogP contribution in [0.3, 0.4) is 0 Å². The van der Waals surface area contributed by atoms with Gasteiger partial charge in [0.05, 0.1) is 11.2 Å². The van der Waals surface area contributed by atoms with Crippen molar-refractivity contribution in [2.75, 3.05) is 11.9 Å². The fraction of sp³-hybridized carbons (Fsp3) is 0.538. The van der Waals surface area contributed by atoms with Gasteiger partial charge in [-0.25, -0.2) is 4.98 Å². The summed E-state index contributed by atoms with van der Waals surface area (Å²) in [4.78, 5) is 16.4. The van der Waals surface area contributed by atoms with E-state index >= 15 is 0 Å². The monoisotopic (exact) mass is 267 g/mol. The second-order valence-corrected chi connectivity index (χ2v) is 5.07. The van der Waals surface area contributed by atoms with Gasteiger partial charge in [-0.05, 0) is 44.4 Å². The number of rotatable bonds is 3. The Hall–Kier alpha value is -1.13. The van der Waals surface area contributed by atoms with E-state index in [1.807, 2.05) is 19.9 Å². The number of anilines is 1. The molecule has 0 spiro atoms. The zero-order chi connectivity index (χ0) is 13.2. The van der Waals surface area contributed by atoms with Crippen molar-refractivity contribution >= 4 is 23.2 Å². The summed E-state index contributed by atoms with van der Waals surface area (Å²) in [7, 11) is 0. The van der Waals surface area contributed by atoms with Gasteiger partial charge in [0.15, 0.2) is 5.15 Å². The van der Waals surface area contributed by atoms with E-state index in [0.29, 0.717) is 10.8 Å². The number of halogens is 1. The Morgan fingerprint density at radius 2 is 2.44 bits per heavy atom. The van der Waals surface area contributed by atoms with E-state index < -0.39 is 5.54 Å². The molecule has 1 aromatic rings. The number of amides is 1. The van der Waals surface area contributed by atoms with Crippen LogP contribution in [0.2, 0.25) is 5.15 Å². The van der Waals surface area contributed by atoms with Gasteiger partial charge in [0.25, 0.3) is 0 Å². The normalized spacial score (nSPS) is 23.1. The summed E-state index contributed by atoms with van der Waals surface area (Å²) in [5.41, 5.74) is 1.09. The van der Waals surface area contributed by atoms with Crippen molar-refractivity contribution in [3.8, 4) is 0 Å². The van der Waals surface area contributed by atoms with Crippen LogP contribution in [0, 0.1) is 6.92 Å². The van der Waals surface area contributed by atoms with Crippen molar-refractivity contribution in [3.05, 3.63) is 23.0 Å². The van der Waals surface area contributed by atoms with E-state index in [1.165, 1.54) is 0 Å². The molecule has 0 saturated carbocycles. The van der Waals surface area contributed by atoms with E-state index in [9.17, 15) is 4.79 Å². The lowest BCUT2D eigenvalue weighted by Crippen LogP contribution is -2.50. The average Bonchev–Trinajstić information content (AvgIpc) is 2.84. The molecular formula is C13H18ClN3O. The van der Waals surface area contributed by atoms with Gasteiger partial charge in [-0.3, -0.25) is 4.79 Å². The van der Waals surface area contributed by atoms with E-state index in [4.69, 9.17) is 11.6 Å². The third-order valence-electron chi connectivity index (χ3n) is 3.63. The Balaban J connectivity index is 2.21. The molecular weight excluding hydrogens is 250 g/mol. The second kappa shape index (κ2) is 5.24. The van der Waals surface area contributed by atoms with Crippen LogP contribution in [0.1, 0.15) is 31.7 Å². The summed E-state index contributed by atoms with van der Waals surface area (Å²) in [6.45, 7) is 4.82. The zero-order valence-electron chi connectivity index (χ0n) is 10.7. The molecule has 4 nitrogen and oxygen atoms in total. The molecule has 0 bridgehead atoms. The molecule has 1 fully saturated rings. The fourth-order valence-electron chi connectivity index (χ4n) is 2.37. The highest BCUT2D eigenvalue weighted by Crippen LogP contribution is 2.28. The Kier molecular flexibility index (Phi) is 3.88. The topological polar surface area (TPSA) is 54.0 Å². The van der Waals surface area contributed by atoms with E-state index in [0.717, 1.165) is 31.4 Å². The molecule has 2 rings (SSSR count). The van der Waals surface area contributed by atoms with Gasteiger partial charge in [-0.1, -0.05) is 18.5 Å². The van der Waals surface area contributed by atoms with E-state index in [1.54, 1.807) is 6.20 Å². The number of carbonyl (C=O) groups excluding carboxylic acids is 1. The first-order valence-corrected chi connectivity index (χ1v) is 6.64. The molecule has 1 aliphatic heterocycles. The number of nitrogens with one attached hydrogen (secondary N) is 2. The number of carbonyl (C=O) groups is 1. The molecule has 5 heteroatoms. The number of nitrogens with zero attached hydrogens (tertiary/aromatic N) is 1. The van der Waals surface area contributed by atoms with Crippen molar-refractivity contribution in [1.82, 2.24) is 10.3 Å². The van der Waals surface area contributed by atoms with Gasteiger partial charge in [0, 0.05) is 6.20 Å². The molecule has 0 aromatic carbocycles. The minimum Gasteiger partial charge on any atom is -0.322 e. The summed E-state index contributed by atoms with van der Waals surface area (Å²) in [5.74, 6) is -0.0134. The Morgan fingerprint density at radius 1 is 1.67 bits per heavy atom. The molecule has 2 heterocycles. The number of hydrogen-bond donors (Lipinski definition) is 2. The Bertz CT molecular complexity index is 435. The highest BCUT2D eigenvalue weighted by atomic mass is 35.5. The van der Waals surface area contributed by atoms with Crippen molar-refractivity contribution in [2.45, 2.75) is 38.6 Å². The third kappa shape index (κ3) is 2.35. The molecule has 98 valence electrons. The van der Waals surface area contributed by atoms with Gasteiger partial charge in [-0.2, -0.15) is 0 Å². The predicted molar refractivity (Wildman–Crippen MR) is 72.9 cm³/mol. The van der Waals surface area contributed by atoms with Gasteiger partial charge in [0.2, 0.25) is 5.91 Å². The molecule has 0 aliphatic carbocycles. The van der Waals surface area contributed by atoms with Crippen molar-refractivity contribution in [1.29, 1.82) is 0 Å². The highest BCUT2D eigenvalue weighted by Gasteiger charge is 2.39. The summed E-state index contributed by atoms with van der Waals surface area (Å²) in [5, 5.41) is 6.56. The number of pyridine rings is 1. The molecule has 1 saturated heterocycles. The van der Waals surface area contributed by atoms with Gasteiger partial charge in [0.1, 0.15) is 0 Å². The van der Waals surface area contributed by atoms with Crippen LogP contribution < -0.4 is 10.6 Å². The average molecular weight is 268 g/mol. The first-order chi connectivity index (χ1) is 8.59. The minimum absolute atomic E-state index is 0.0134. The van der Waals surface area contributed by atoms with Gasteiger partial charge < -0.3 is 10.6 Å². The zero-order valence-corrected chi connectivity index (χ0v) is 11.5. The first kappa shape index (κ1) is 13.3. The fourth-order valence-corrected chi connectivity index (χ4v) is 2.62. The smallest absolute Gasteiger partial charge is 0.244 e. The lowest BCUT2D eigenvalue weighted by atomic mass is 9.93. The number of aromatic nitrogens is 1. The van der Waals surface area contributed by atoms with E-state index in [2.05, 4.69) is 15.6 Å². The SMILES string of the molecule is CCC1(C(=O)Nc2c(C)ccnc2Cl)CCCN1. The maximum atomic E-state index is 12.4. The van der Waals surface area contributed by atoms with Crippen molar-refractivity contribution in [2.24, 2.45) is 0 Å². The van der Waals surface area contributed by atoms with Crippen molar-refractivity contribution < 1.29 is 4.79 Å². The quantitative estimate of drug-likeness (QED) is 0.828. The molecule has 1 unspecified atom stereocenters. The molecule has 1 amide bonds. The van der Waals surface area contributed by atoms with Crippen LogP contribution in [0.5, 0.6) is 0 Å². The molecule has 1 atom stereocenters. The molecule has 1 aromatic heterocycles. The van der Waals surface area contributed by atoms with Crippen LogP contribution in [-0.4, -0.2) is 23.0 Å². The maximum absolute atomic E-state index is 12.4.